The van der Waals surface area contributed by atoms with Crippen molar-refractivity contribution in [2.45, 2.75) is 32.0 Å². The van der Waals surface area contributed by atoms with E-state index in [1.807, 2.05) is 7.05 Å². The SMILES string of the molecule is CN(CC1CCCN1C)C(=O)Cn1nnnc1CN1CCOCC1. The molecule has 0 aromatic carbocycles. The van der Waals surface area contributed by atoms with E-state index >= 15 is 0 Å². The molecule has 0 bridgehead atoms. The number of ether oxygens (including phenoxy) is 1. The number of carbonyl (C=O) groups excluding carboxylic acids is 1. The Morgan fingerprint density at radius 3 is 2.83 bits per heavy atom. The van der Waals surface area contributed by atoms with Crippen molar-refractivity contribution in [2.24, 2.45) is 0 Å². The van der Waals surface area contributed by atoms with Crippen LogP contribution in [0.3, 0.4) is 0 Å². The van der Waals surface area contributed by atoms with E-state index in [0.29, 0.717) is 12.6 Å². The fourth-order valence-corrected chi connectivity index (χ4v) is 3.30. The van der Waals surface area contributed by atoms with Gasteiger partial charge in [-0.2, -0.15) is 0 Å². The van der Waals surface area contributed by atoms with Crippen molar-refractivity contribution in [3.63, 3.8) is 0 Å². The van der Waals surface area contributed by atoms with E-state index in [-0.39, 0.29) is 12.5 Å². The molecule has 0 aliphatic carbocycles. The third-order valence-electron chi connectivity index (χ3n) is 4.94. The zero-order valence-electron chi connectivity index (χ0n) is 14.6. The first-order valence-electron chi connectivity index (χ1n) is 8.63. The van der Waals surface area contributed by atoms with Gasteiger partial charge in [-0.3, -0.25) is 9.69 Å². The Bertz CT molecular complexity index is 544. The van der Waals surface area contributed by atoms with Crippen LogP contribution in [0.25, 0.3) is 0 Å². The molecule has 3 heterocycles. The van der Waals surface area contributed by atoms with Crippen molar-refractivity contribution in [3.8, 4) is 0 Å². The van der Waals surface area contributed by atoms with E-state index in [9.17, 15) is 4.79 Å². The highest BCUT2D eigenvalue weighted by molar-refractivity contribution is 5.75. The highest BCUT2D eigenvalue weighted by atomic mass is 16.5. The molecule has 1 amide bonds. The molecule has 9 nitrogen and oxygen atoms in total. The summed E-state index contributed by atoms with van der Waals surface area (Å²) in [6.45, 7) is 5.93. The Morgan fingerprint density at radius 2 is 2.12 bits per heavy atom. The monoisotopic (exact) mass is 337 g/mol. The van der Waals surface area contributed by atoms with Crippen LogP contribution in [0.5, 0.6) is 0 Å². The maximum absolute atomic E-state index is 12.5. The molecule has 1 aromatic rings. The molecule has 0 N–H and O–H groups in total. The number of rotatable bonds is 6. The summed E-state index contributed by atoms with van der Waals surface area (Å²) in [7, 11) is 3.98. The van der Waals surface area contributed by atoms with E-state index in [1.165, 1.54) is 6.42 Å². The van der Waals surface area contributed by atoms with Gasteiger partial charge in [0.05, 0.1) is 19.8 Å². The second kappa shape index (κ2) is 8.00. The van der Waals surface area contributed by atoms with Gasteiger partial charge in [0.25, 0.3) is 0 Å². The topological polar surface area (TPSA) is 79.6 Å². The maximum atomic E-state index is 12.5. The fourth-order valence-electron chi connectivity index (χ4n) is 3.30. The molecule has 2 aliphatic heterocycles. The summed E-state index contributed by atoms with van der Waals surface area (Å²) in [6, 6.07) is 0.459. The molecule has 2 saturated heterocycles. The number of likely N-dealkylation sites (N-methyl/N-ethyl adjacent to an activating group) is 2. The Balaban J connectivity index is 1.53. The van der Waals surface area contributed by atoms with Gasteiger partial charge in [0, 0.05) is 32.7 Å². The van der Waals surface area contributed by atoms with Crippen LogP contribution >= 0.6 is 0 Å². The minimum Gasteiger partial charge on any atom is -0.379 e. The summed E-state index contributed by atoms with van der Waals surface area (Å²) in [5.74, 6) is 0.780. The lowest BCUT2D eigenvalue weighted by atomic mass is 10.2. The number of carbonyl (C=O) groups is 1. The van der Waals surface area contributed by atoms with Crippen LogP contribution in [0.15, 0.2) is 0 Å². The molecule has 24 heavy (non-hydrogen) atoms. The van der Waals surface area contributed by atoms with Crippen molar-refractivity contribution in [2.75, 3.05) is 53.5 Å². The second-order valence-corrected chi connectivity index (χ2v) is 6.69. The van der Waals surface area contributed by atoms with Crippen LogP contribution in [0.4, 0.5) is 0 Å². The van der Waals surface area contributed by atoms with Crippen LogP contribution in [0, 0.1) is 0 Å². The predicted octanol–water partition coefficient (Wildman–Crippen LogP) is -0.942. The molecule has 2 fully saturated rings. The zero-order valence-corrected chi connectivity index (χ0v) is 14.6. The zero-order chi connectivity index (χ0) is 16.9. The van der Waals surface area contributed by atoms with Crippen molar-refractivity contribution in [3.05, 3.63) is 5.82 Å². The van der Waals surface area contributed by atoms with Gasteiger partial charge in [0.1, 0.15) is 6.54 Å². The number of nitrogens with zero attached hydrogens (tertiary/aromatic N) is 7. The van der Waals surface area contributed by atoms with Gasteiger partial charge in [0.15, 0.2) is 5.82 Å². The molecular formula is C15H27N7O2. The molecule has 0 saturated carbocycles. The molecule has 2 aliphatic rings. The van der Waals surface area contributed by atoms with Crippen LogP contribution in [-0.4, -0.2) is 100 Å². The van der Waals surface area contributed by atoms with Crippen molar-refractivity contribution >= 4 is 5.91 Å². The molecule has 1 atom stereocenters. The van der Waals surface area contributed by atoms with Crippen LogP contribution in [0.1, 0.15) is 18.7 Å². The van der Waals surface area contributed by atoms with Crippen molar-refractivity contribution < 1.29 is 9.53 Å². The summed E-state index contributed by atoms with van der Waals surface area (Å²) >= 11 is 0. The van der Waals surface area contributed by atoms with Gasteiger partial charge in [0.2, 0.25) is 5.91 Å². The van der Waals surface area contributed by atoms with Gasteiger partial charge in [-0.05, 0) is 36.9 Å². The first-order valence-corrected chi connectivity index (χ1v) is 8.63. The summed E-state index contributed by atoms with van der Waals surface area (Å²) in [5, 5.41) is 11.8. The van der Waals surface area contributed by atoms with E-state index in [2.05, 4.69) is 32.4 Å². The quantitative estimate of drug-likeness (QED) is 0.663. The number of hydrogen-bond donors (Lipinski definition) is 0. The standard InChI is InChI=1S/C15H27N7O2/c1-19-5-3-4-13(19)10-20(2)15(23)12-22-14(16-17-18-22)11-21-6-8-24-9-7-21/h13H,3-12H2,1-2H3. The number of morpholine rings is 1. The first kappa shape index (κ1) is 17.2. The number of amides is 1. The Hall–Kier alpha value is -1.58. The smallest absolute Gasteiger partial charge is 0.244 e. The largest absolute Gasteiger partial charge is 0.379 e. The molecule has 0 radical (unpaired) electrons. The van der Waals surface area contributed by atoms with E-state index < -0.39 is 0 Å². The lowest BCUT2D eigenvalue weighted by Crippen LogP contribution is -2.41. The van der Waals surface area contributed by atoms with Gasteiger partial charge >= 0.3 is 0 Å². The molecular weight excluding hydrogens is 310 g/mol. The average molecular weight is 337 g/mol. The predicted molar refractivity (Wildman–Crippen MR) is 87.2 cm³/mol. The number of hydrogen-bond acceptors (Lipinski definition) is 7. The first-order chi connectivity index (χ1) is 11.6. The van der Waals surface area contributed by atoms with Crippen LogP contribution < -0.4 is 0 Å². The molecule has 1 aromatic heterocycles. The van der Waals surface area contributed by atoms with Gasteiger partial charge < -0.3 is 14.5 Å². The summed E-state index contributed by atoms with van der Waals surface area (Å²) in [4.78, 5) is 18.9. The third-order valence-corrected chi connectivity index (χ3v) is 4.94. The minimum atomic E-state index is 0.0471. The summed E-state index contributed by atoms with van der Waals surface area (Å²) < 4.78 is 6.97. The van der Waals surface area contributed by atoms with Crippen molar-refractivity contribution in [1.29, 1.82) is 0 Å². The van der Waals surface area contributed by atoms with E-state index in [0.717, 1.165) is 51.6 Å². The van der Waals surface area contributed by atoms with Crippen LogP contribution in [0.2, 0.25) is 0 Å². The van der Waals surface area contributed by atoms with E-state index in [4.69, 9.17) is 4.74 Å². The van der Waals surface area contributed by atoms with Crippen molar-refractivity contribution in [1.82, 2.24) is 34.9 Å². The normalized spacial score (nSPS) is 22.8. The third kappa shape index (κ3) is 4.28. The maximum Gasteiger partial charge on any atom is 0.244 e. The van der Waals surface area contributed by atoms with Crippen LogP contribution in [-0.2, 0) is 22.6 Å². The van der Waals surface area contributed by atoms with Gasteiger partial charge in [-0.1, -0.05) is 0 Å². The van der Waals surface area contributed by atoms with E-state index in [1.54, 1.807) is 9.58 Å². The lowest BCUT2D eigenvalue weighted by Gasteiger charge is -2.27. The van der Waals surface area contributed by atoms with Gasteiger partial charge in [-0.25, -0.2) is 4.68 Å². The summed E-state index contributed by atoms with van der Waals surface area (Å²) in [6.07, 6.45) is 2.36. The fraction of sp³-hybridized carbons (Fsp3) is 0.867. The Labute approximate surface area is 142 Å². The minimum absolute atomic E-state index is 0.0471. The highest BCUT2D eigenvalue weighted by Crippen LogP contribution is 2.15. The average Bonchev–Trinajstić information content (AvgIpc) is 3.18. The Kier molecular flexibility index (Phi) is 5.75. The number of likely N-dealkylation sites (tertiary alicyclic amines) is 1. The molecule has 1 unspecified atom stereocenters. The molecule has 0 spiro atoms. The number of aromatic nitrogens is 4. The highest BCUT2D eigenvalue weighted by Gasteiger charge is 2.24. The number of tetrazole rings is 1. The molecule has 3 rings (SSSR count). The molecule has 9 heteroatoms. The lowest BCUT2D eigenvalue weighted by molar-refractivity contribution is -0.131. The second-order valence-electron chi connectivity index (χ2n) is 6.69. The molecule has 134 valence electrons. The Morgan fingerprint density at radius 1 is 1.33 bits per heavy atom. The summed E-state index contributed by atoms with van der Waals surface area (Å²) in [5.41, 5.74) is 0. The van der Waals surface area contributed by atoms with Gasteiger partial charge in [-0.15, -0.1) is 5.10 Å².